The Morgan fingerprint density at radius 3 is 2.53 bits per heavy atom. The summed E-state index contributed by atoms with van der Waals surface area (Å²) in [4.78, 5) is 31.5. The van der Waals surface area contributed by atoms with Crippen LogP contribution in [-0.2, 0) is 16.1 Å². The van der Waals surface area contributed by atoms with E-state index in [2.05, 4.69) is 20.4 Å². The highest BCUT2D eigenvalue weighted by atomic mass is 16.5. The van der Waals surface area contributed by atoms with Gasteiger partial charge in [0.05, 0.1) is 18.7 Å². The number of esters is 1. The highest BCUT2D eigenvalue weighted by molar-refractivity contribution is 5.94. The van der Waals surface area contributed by atoms with Crippen molar-refractivity contribution < 1.29 is 18.8 Å². The number of hydrogen-bond donors (Lipinski definition) is 1. The van der Waals surface area contributed by atoms with Gasteiger partial charge in [0.1, 0.15) is 0 Å². The number of likely N-dealkylation sites (tertiary alicyclic amines) is 1. The maximum Gasteiger partial charge on any atom is 0.338 e. The molecule has 0 unspecified atom stereocenters. The Bertz CT molecular complexity index is 1070. The van der Waals surface area contributed by atoms with Gasteiger partial charge in [-0.25, -0.2) is 4.79 Å². The number of hydrogen-bond acceptors (Lipinski definition) is 7. The SMILES string of the molecule is CCCCOC(=O)c1ccc(NC(=O)C2CCN(Cc3nc(-c4ccccc4)no3)CC2)cc1. The molecule has 8 heteroatoms. The molecule has 0 atom stereocenters. The van der Waals surface area contributed by atoms with Crippen molar-refractivity contribution in [3.8, 4) is 11.4 Å². The molecular formula is C26H30N4O4. The molecule has 34 heavy (non-hydrogen) atoms. The highest BCUT2D eigenvalue weighted by Crippen LogP contribution is 2.22. The molecule has 1 saturated heterocycles. The van der Waals surface area contributed by atoms with Crippen molar-refractivity contribution in [2.45, 2.75) is 39.2 Å². The predicted octanol–water partition coefficient (Wildman–Crippen LogP) is 4.54. The fraction of sp³-hybridized carbons (Fsp3) is 0.385. The smallest absolute Gasteiger partial charge is 0.338 e. The number of nitrogens with one attached hydrogen (secondary N) is 1. The second-order valence-electron chi connectivity index (χ2n) is 8.48. The minimum absolute atomic E-state index is 0.00192. The van der Waals surface area contributed by atoms with Crippen LogP contribution in [0.25, 0.3) is 11.4 Å². The third-order valence-corrected chi connectivity index (χ3v) is 5.94. The molecule has 1 N–H and O–H groups in total. The summed E-state index contributed by atoms with van der Waals surface area (Å²) in [6.07, 6.45) is 3.34. The maximum atomic E-state index is 12.7. The molecule has 1 fully saturated rings. The summed E-state index contributed by atoms with van der Waals surface area (Å²) >= 11 is 0. The van der Waals surface area contributed by atoms with Crippen LogP contribution in [0, 0.1) is 5.92 Å². The molecule has 1 aliphatic heterocycles. The first-order valence-electron chi connectivity index (χ1n) is 11.8. The molecule has 2 heterocycles. The highest BCUT2D eigenvalue weighted by Gasteiger charge is 2.26. The van der Waals surface area contributed by atoms with E-state index in [1.807, 2.05) is 37.3 Å². The topological polar surface area (TPSA) is 97.6 Å². The van der Waals surface area contributed by atoms with E-state index < -0.39 is 0 Å². The number of aromatic nitrogens is 2. The van der Waals surface area contributed by atoms with Crippen LogP contribution in [-0.4, -0.2) is 46.6 Å². The van der Waals surface area contributed by atoms with Crippen molar-refractivity contribution in [1.29, 1.82) is 0 Å². The van der Waals surface area contributed by atoms with Crippen LogP contribution in [0.4, 0.5) is 5.69 Å². The van der Waals surface area contributed by atoms with E-state index >= 15 is 0 Å². The number of ether oxygens (including phenoxy) is 1. The van der Waals surface area contributed by atoms with Gasteiger partial charge in [0.25, 0.3) is 0 Å². The number of carbonyl (C=O) groups excluding carboxylic acids is 2. The minimum Gasteiger partial charge on any atom is -0.462 e. The Balaban J connectivity index is 1.22. The summed E-state index contributed by atoms with van der Waals surface area (Å²) in [5.74, 6) is 0.774. The van der Waals surface area contributed by atoms with Gasteiger partial charge < -0.3 is 14.6 Å². The maximum absolute atomic E-state index is 12.7. The van der Waals surface area contributed by atoms with Crippen molar-refractivity contribution in [2.75, 3.05) is 25.0 Å². The third kappa shape index (κ3) is 6.29. The van der Waals surface area contributed by atoms with Crippen LogP contribution in [0.1, 0.15) is 48.9 Å². The van der Waals surface area contributed by atoms with Gasteiger partial charge in [-0.1, -0.05) is 48.8 Å². The van der Waals surface area contributed by atoms with Crippen LogP contribution in [0.15, 0.2) is 59.1 Å². The Kier molecular flexibility index (Phi) is 8.04. The second-order valence-corrected chi connectivity index (χ2v) is 8.48. The summed E-state index contributed by atoms with van der Waals surface area (Å²) in [6.45, 7) is 4.61. The number of rotatable bonds is 9. The van der Waals surface area contributed by atoms with Gasteiger partial charge in [0, 0.05) is 17.2 Å². The summed E-state index contributed by atoms with van der Waals surface area (Å²) < 4.78 is 10.6. The average Bonchev–Trinajstić information content (AvgIpc) is 3.34. The number of benzene rings is 2. The minimum atomic E-state index is -0.337. The number of unbranched alkanes of at least 4 members (excludes halogenated alkanes) is 1. The molecule has 0 spiro atoms. The van der Waals surface area contributed by atoms with Gasteiger partial charge in [-0.05, 0) is 56.6 Å². The fourth-order valence-corrected chi connectivity index (χ4v) is 3.89. The summed E-state index contributed by atoms with van der Waals surface area (Å²) in [7, 11) is 0. The van der Waals surface area contributed by atoms with Crippen LogP contribution >= 0.6 is 0 Å². The zero-order valence-corrected chi connectivity index (χ0v) is 19.4. The van der Waals surface area contributed by atoms with Crippen molar-refractivity contribution in [3.05, 3.63) is 66.1 Å². The van der Waals surface area contributed by atoms with Gasteiger partial charge in [-0.2, -0.15) is 4.98 Å². The first-order chi connectivity index (χ1) is 16.6. The van der Waals surface area contributed by atoms with Gasteiger partial charge in [0.2, 0.25) is 17.6 Å². The summed E-state index contributed by atoms with van der Waals surface area (Å²) in [5, 5.41) is 7.04. The first kappa shape index (κ1) is 23.6. The van der Waals surface area contributed by atoms with Gasteiger partial charge in [-0.3, -0.25) is 9.69 Å². The Morgan fingerprint density at radius 1 is 1.09 bits per heavy atom. The van der Waals surface area contributed by atoms with E-state index in [0.717, 1.165) is 44.3 Å². The Labute approximate surface area is 199 Å². The van der Waals surface area contributed by atoms with Crippen molar-refractivity contribution >= 4 is 17.6 Å². The normalized spacial score (nSPS) is 14.6. The largest absolute Gasteiger partial charge is 0.462 e. The lowest BCUT2D eigenvalue weighted by Gasteiger charge is -2.30. The zero-order chi connectivity index (χ0) is 23.8. The van der Waals surface area contributed by atoms with E-state index in [1.54, 1.807) is 24.3 Å². The fourth-order valence-electron chi connectivity index (χ4n) is 3.89. The molecule has 0 bridgehead atoms. The number of amides is 1. The number of carbonyl (C=O) groups is 2. The quantitative estimate of drug-likeness (QED) is 0.368. The summed E-state index contributed by atoms with van der Waals surface area (Å²) in [6, 6.07) is 16.6. The van der Waals surface area contributed by atoms with Crippen molar-refractivity contribution in [3.63, 3.8) is 0 Å². The van der Waals surface area contributed by atoms with Gasteiger partial charge in [-0.15, -0.1) is 0 Å². The molecule has 8 nitrogen and oxygen atoms in total. The first-order valence-corrected chi connectivity index (χ1v) is 11.8. The van der Waals surface area contributed by atoms with Crippen LogP contribution in [0.2, 0.25) is 0 Å². The molecular weight excluding hydrogens is 432 g/mol. The van der Waals surface area contributed by atoms with E-state index in [4.69, 9.17) is 9.26 Å². The number of piperidine rings is 1. The molecule has 0 saturated carbocycles. The van der Waals surface area contributed by atoms with Crippen LogP contribution in [0.5, 0.6) is 0 Å². The molecule has 3 aromatic rings. The van der Waals surface area contributed by atoms with E-state index in [9.17, 15) is 9.59 Å². The van der Waals surface area contributed by atoms with Gasteiger partial charge in [0.15, 0.2) is 0 Å². The zero-order valence-electron chi connectivity index (χ0n) is 19.4. The molecule has 0 aliphatic carbocycles. The molecule has 1 amide bonds. The molecule has 1 aliphatic rings. The van der Waals surface area contributed by atoms with E-state index in [1.165, 1.54) is 0 Å². The lowest BCUT2D eigenvalue weighted by molar-refractivity contribution is -0.121. The van der Waals surface area contributed by atoms with E-state index in [-0.39, 0.29) is 17.8 Å². The molecule has 0 radical (unpaired) electrons. The monoisotopic (exact) mass is 462 g/mol. The molecule has 178 valence electrons. The lowest BCUT2D eigenvalue weighted by Crippen LogP contribution is -2.37. The second kappa shape index (κ2) is 11.6. The predicted molar refractivity (Wildman–Crippen MR) is 128 cm³/mol. The summed E-state index contributed by atoms with van der Waals surface area (Å²) in [5.41, 5.74) is 2.09. The van der Waals surface area contributed by atoms with Crippen molar-refractivity contribution in [1.82, 2.24) is 15.0 Å². The standard InChI is InChI=1S/C26H30N4O4/c1-2-3-17-33-26(32)21-9-11-22(12-10-21)27-25(31)20-13-15-30(16-14-20)18-23-28-24(29-34-23)19-7-5-4-6-8-19/h4-12,20H,2-3,13-18H2,1H3,(H,27,31). The Hall–Kier alpha value is -3.52. The van der Waals surface area contributed by atoms with E-state index in [0.29, 0.717) is 36.1 Å². The van der Waals surface area contributed by atoms with Crippen LogP contribution in [0.3, 0.4) is 0 Å². The number of anilines is 1. The average molecular weight is 463 g/mol. The Morgan fingerprint density at radius 2 is 1.82 bits per heavy atom. The molecule has 2 aromatic carbocycles. The van der Waals surface area contributed by atoms with Crippen LogP contribution < -0.4 is 5.32 Å². The van der Waals surface area contributed by atoms with Gasteiger partial charge >= 0.3 is 5.97 Å². The molecule has 4 rings (SSSR count). The third-order valence-electron chi connectivity index (χ3n) is 5.94. The molecule has 1 aromatic heterocycles. The number of nitrogens with zero attached hydrogens (tertiary/aromatic N) is 3. The van der Waals surface area contributed by atoms with Crippen molar-refractivity contribution in [2.24, 2.45) is 5.92 Å². The lowest BCUT2D eigenvalue weighted by atomic mass is 9.96.